The fourth-order valence-electron chi connectivity index (χ4n) is 3.21. The van der Waals surface area contributed by atoms with Crippen LogP contribution in [0.1, 0.15) is 25.5 Å². The number of methoxy groups -OCH3 is 1. The van der Waals surface area contributed by atoms with Crippen molar-refractivity contribution in [1.82, 2.24) is 5.32 Å². The summed E-state index contributed by atoms with van der Waals surface area (Å²) in [4.78, 5) is 37.5. The minimum Gasteiger partial charge on any atom is -0.468 e. The van der Waals surface area contributed by atoms with Crippen LogP contribution in [0.5, 0.6) is 0 Å². The Morgan fingerprint density at radius 1 is 0.963 bits per heavy atom. The monoisotopic (exact) mass is 417 g/mol. The number of carbonyl (C=O) groups is 3. The highest BCUT2D eigenvalue weighted by molar-refractivity contribution is 6.42. The van der Waals surface area contributed by atoms with Gasteiger partial charge in [0.25, 0.3) is 0 Å². The Hall–Kier alpha value is -1.83. The third kappa shape index (κ3) is 4.54. The van der Waals surface area contributed by atoms with Gasteiger partial charge < -0.3 is 14.2 Å². The van der Waals surface area contributed by atoms with E-state index in [1.165, 1.54) is 7.11 Å². The van der Waals surface area contributed by atoms with E-state index in [-0.39, 0.29) is 18.2 Å². The molecule has 0 unspecified atom stereocenters. The zero-order valence-corrected chi connectivity index (χ0v) is 16.7. The fraction of sp³-hybridized carbons (Fsp3) is 0.500. The number of halogens is 2. The van der Waals surface area contributed by atoms with E-state index in [1.807, 2.05) is 0 Å². The molecule has 0 amide bonds. The number of carbonyl (C=O) groups excluding carboxylic acids is 3. The van der Waals surface area contributed by atoms with Crippen LogP contribution in [0.15, 0.2) is 18.2 Å². The third-order valence-electron chi connectivity index (χ3n) is 4.34. The Morgan fingerprint density at radius 2 is 1.56 bits per heavy atom. The molecule has 1 aromatic rings. The molecule has 1 N–H and O–H groups in total. The first-order valence-corrected chi connectivity index (χ1v) is 9.23. The average molecular weight is 418 g/mol. The van der Waals surface area contributed by atoms with Crippen LogP contribution >= 0.6 is 23.2 Å². The van der Waals surface area contributed by atoms with Crippen molar-refractivity contribution in [3.63, 3.8) is 0 Å². The van der Waals surface area contributed by atoms with Gasteiger partial charge >= 0.3 is 17.9 Å². The second kappa shape index (κ2) is 9.39. The summed E-state index contributed by atoms with van der Waals surface area (Å²) < 4.78 is 15.0. The van der Waals surface area contributed by atoms with E-state index in [0.29, 0.717) is 10.6 Å². The molecular formula is C18H21Cl2NO6. The Bertz CT molecular complexity index is 726. The molecular weight excluding hydrogens is 397 g/mol. The van der Waals surface area contributed by atoms with Crippen molar-refractivity contribution in [3.05, 3.63) is 33.8 Å². The highest BCUT2D eigenvalue weighted by Crippen LogP contribution is 2.41. The van der Waals surface area contributed by atoms with Crippen LogP contribution in [0.25, 0.3) is 0 Å². The first-order valence-electron chi connectivity index (χ1n) is 8.47. The summed E-state index contributed by atoms with van der Waals surface area (Å²) in [6, 6.07) is 3.05. The molecule has 148 valence electrons. The van der Waals surface area contributed by atoms with Crippen LogP contribution in [0.3, 0.4) is 0 Å². The van der Waals surface area contributed by atoms with Crippen LogP contribution in [0, 0.1) is 11.8 Å². The largest absolute Gasteiger partial charge is 0.468 e. The minimum atomic E-state index is -1.10. The molecule has 0 bridgehead atoms. The highest BCUT2D eigenvalue weighted by Gasteiger charge is 2.55. The number of hydrogen-bond acceptors (Lipinski definition) is 7. The van der Waals surface area contributed by atoms with Crippen molar-refractivity contribution < 1.29 is 28.6 Å². The van der Waals surface area contributed by atoms with Crippen molar-refractivity contribution in [2.75, 3.05) is 20.3 Å². The highest BCUT2D eigenvalue weighted by atomic mass is 35.5. The maximum Gasteiger partial charge on any atom is 0.323 e. The van der Waals surface area contributed by atoms with E-state index >= 15 is 0 Å². The lowest BCUT2D eigenvalue weighted by Gasteiger charge is -2.22. The molecule has 1 heterocycles. The Labute approximate surface area is 167 Å². The standard InChI is InChI=1S/C18H21Cl2NO6/c1-4-26-16(22)12-13(17(23)27-5-2)15(18(24)25-3)21-14(12)9-6-7-10(19)11(20)8-9/h6-8,12-15,21H,4-5H2,1-3H3/t12-,13+,14-,15-/m0/s1. The van der Waals surface area contributed by atoms with Crippen LogP contribution in [0.4, 0.5) is 0 Å². The summed E-state index contributed by atoms with van der Waals surface area (Å²) in [5.74, 6) is -4.07. The second-order valence-corrected chi connectivity index (χ2v) is 6.69. The van der Waals surface area contributed by atoms with E-state index in [4.69, 9.17) is 37.4 Å². The molecule has 1 fully saturated rings. The molecule has 1 aromatic carbocycles. The van der Waals surface area contributed by atoms with Gasteiger partial charge in [-0.3, -0.25) is 19.7 Å². The molecule has 7 nitrogen and oxygen atoms in total. The number of benzene rings is 1. The molecule has 1 aliphatic rings. The van der Waals surface area contributed by atoms with Gasteiger partial charge in [-0.25, -0.2) is 0 Å². The molecule has 1 saturated heterocycles. The smallest absolute Gasteiger partial charge is 0.323 e. The van der Waals surface area contributed by atoms with Gasteiger partial charge in [-0.05, 0) is 31.5 Å². The Balaban J connectivity index is 2.52. The van der Waals surface area contributed by atoms with Gasteiger partial charge in [-0.1, -0.05) is 29.3 Å². The number of esters is 3. The molecule has 0 aliphatic carbocycles. The van der Waals surface area contributed by atoms with Crippen molar-refractivity contribution >= 4 is 41.1 Å². The van der Waals surface area contributed by atoms with Crippen LogP contribution in [0.2, 0.25) is 10.0 Å². The zero-order valence-electron chi connectivity index (χ0n) is 15.2. The zero-order chi connectivity index (χ0) is 20.1. The topological polar surface area (TPSA) is 90.9 Å². The van der Waals surface area contributed by atoms with E-state index < -0.39 is 41.8 Å². The number of hydrogen-bond donors (Lipinski definition) is 1. The van der Waals surface area contributed by atoms with Gasteiger partial charge in [0.1, 0.15) is 6.04 Å². The fourth-order valence-corrected chi connectivity index (χ4v) is 3.52. The van der Waals surface area contributed by atoms with E-state index in [2.05, 4.69) is 5.32 Å². The molecule has 0 saturated carbocycles. The first-order chi connectivity index (χ1) is 12.8. The Morgan fingerprint density at radius 3 is 2.07 bits per heavy atom. The van der Waals surface area contributed by atoms with Gasteiger partial charge in [-0.2, -0.15) is 0 Å². The maximum atomic E-state index is 12.7. The van der Waals surface area contributed by atoms with Crippen molar-refractivity contribution in [3.8, 4) is 0 Å². The lowest BCUT2D eigenvalue weighted by Crippen LogP contribution is -2.42. The molecule has 0 radical (unpaired) electrons. The van der Waals surface area contributed by atoms with Gasteiger partial charge in [0.2, 0.25) is 0 Å². The summed E-state index contributed by atoms with van der Waals surface area (Å²) >= 11 is 12.1. The molecule has 0 spiro atoms. The normalized spacial score (nSPS) is 24.3. The first kappa shape index (κ1) is 21.5. The predicted molar refractivity (Wildman–Crippen MR) is 98.4 cm³/mol. The average Bonchev–Trinajstić information content (AvgIpc) is 3.04. The number of nitrogens with one attached hydrogen (secondary N) is 1. The summed E-state index contributed by atoms with van der Waals surface area (Å²) in [7, 11) is 1.21. The van der Waals surface area contributed by atoms with Gasteiger partial charge in [0.15, 0.2) is 0 Å². The van der Waals surface area contributed by atoms with E-state index in [0.717, 1.165) is 0 Å². The SMILES string of the molecule is CCOC(=O)[C@@H]1[C@H](C(=O)OCC)[C@H](c2ccc(Cl)c(Cl)c2)N[C@@H]1C(=O)OC. The van der Waals surface area contributed by atoms with Gasteiger partial charge in [0, 0.05) is 6.04 Å². The van der Waals surface area contributed by atoms with Gasteiger partial charge in [-0.15, -0.1) is 0 Å². The van der Waals surface area contributed by atoms with Crippen molar-refractivity contribution in [1.29, 1.82) is 0 Å². The van der Waals surface area contributed by atoms with E-state index in [1.54, 1.807) is 32.0 Å². The van der Waals surface area contributed by atoms with Crippen LogP contribution in [-0.2, 0) is 28.6 Å². The summed E-state index contributed by atoms with van der Waals surface area (Å²) in [5, 5.41) is 3.64. The van der Waals surface area contributed by atoms with Crippen molar-refractivity contribution in [2.45, 2.75) is 25.9 Å². The van der Waals surface area contributed by atoms with Gasteiger partial charge in [0.05, 0.1) is 42.2 Å². The Kier molecular flexibility index (Phi) is 7.47. The molecule has 9 heteroatoms. The van der Waals surface area contributed by atoms with Crippen molar-refractivity contribution in [2.24, 2.45) is 11.8 Å². The lowest BCUT2D eigenvalue weighted by atomic mass is 9.84. The molecule has 27 heavy (non-hydrogen) atoms. The minimum absolute atomic E-state index is 0.107. The lowest BCUT2D eigenvalue weighted by molar-refractivity contribution is -0.162. The maximum absolute atomic E-state index is 12.7. The van der Waals surface area contributed by atoms with E-state index in [9.17, 15) is 14.4 Å². The predicted octanol–water partition coefficient (Wildman–Crippen LogP) is 2.54. The summed E-state index contributed by atoms with van der Waals surface area (Å²) in [6.45, 7) is 3.53. The molecule has 4 atom stereocenters. The third-order valence-corrected chi connectivity index (χ3v) is 5.08. The second-order valence-electron chi connectivity index (χ2n) is 5.87. The molecule has 0 aromatic heterocycles. The number of rotatable bonds is 6. The number of ether oxygens (including phenoxy) is 3. The van der Waals surface area contributed by atoms with Crippen LogP contribution in [-0.4, -0.2) is 44.3 Å². The van der Waals surface area contributed by atoms with Crippen LogP contribution < -0.4 is 5.32 Å². The summed E-state index contributed by atoms with van der Waals surface area (Å²) in [5.41, 5.74) is 0.586. The summed E-state index contributed by atoms with van der Waals surface area (Å²) in [6.07, 6.45) is 0. The molecule has 2 rings (SSSR count). The molecule has 1 aliphatic heterocycles. The quantitative estimate of drug-likeness (QED) is 0.561.